The first-order valence-electron chi connectivity index (χ1n) is 19.3. The third-order valence-corrected chi connectivity index (χ3v) is 9.67. The average Bonchev–Trinajstić information content (AvgIpc) is 3.80. The van der Waals surface area contributed by atoms with Crippen LogP contribution in [0.15, 0.2) is 101 Å². The van der Waals surface area contributed by atoms with Gasteiger partial charge in [0.1, 0.15) is 25.3 Å². The van der Waals surface area contributed by atoms with Gasteiger partial charge in [0.2, 0.25) is 11.8 Å². The van der Waals surface area contributed by atoms with E-state index in [1.54, 1.807) is 18.2 Å². The molecule has 0 radical (unpaired) electrons. The third-order valence-electron chi connectivity index (χ3n) is 9.67. The summed E-state index contributed by atoms with van der Waals surface area (Å²) >= 11 is 0. The minimum Gasteiger partial charge on any atom is -0.428 e. The number of nitrogens with one attached hydrogen (secondary N) is 2. The van der Waals surface area contributed by atoms with Crippen molar-refractivity contribution in [3.63, 3.8) is 0 Å². The summed E-state index contributed by atoms with van der Waals surface area (Å²) < 4.78 is 17.6. The van der Waals surface area contributed by atoms with Crippen LogP contribution in [0.25, 0.3) is 10.9 Å². The van der Waals surface area contributed by atoms with Gasteiger partial charge in [-0.25, -0.2) is 5.01 Å². The van der Waals surface area contributed by atoms with Gasteiger partial charge < -0.3 is 39.8 Å². The maximum Gasteiger partial charge on any atom is 0.226 e. The van der Waals surface area contributed by atoms with Crippen molar-refractivity contribution in [2.24, 2.45) is 15.5 Å². The highest BCUT2D eigenvalue weighted by atomic mass is 16.6. The fraction of sp³-hybridized carbons (Fsp3) is 0.372. The van der Waals surface area contributed by atoms with Gasteiger partial charge in [0, 0.05) is 66.2 Å². The second-order valence-corrected chi connectivity index (χ2v) is 13.8. The molecule has 6 rings (SSSR count). The van der Waals surface area contributed by atoms with Crippen molar-refractivity contribution < 1.29 is 33.8 Å². The van der Waals surface area contributed by atoms with Gasteiger partial charge in [-0.2, -0.15) is 9.84 Å². The number of amides is 2. The fourth-order valence-electron chi connectivity index (χ4n) is 6.91. The normalized spacial score (nSPS) is 15.7. The number of hydrogen-bond donors (Lipinski definition) is 3. The Morgan fingerprint density at radius 1 is 0.983 bits per heavy atom. The first-order valence-corrected chi connectivity index (χ1v) is 19.3. The Morgan fingerprint density at radius 3 is 2.59 bits per heavy atom. The minimum atomic E-state index is -0.199. The predicted octanol–water partition coefficient (Wildman–Crippen LogP) is 6.16. The Hall–Kier alpha value is -6.21. The number of benzene rings is 3. The van der Waals surface area contributed by atoms with E-state index in [4.69, 9.17) is 30.6 Å². The standard InChI is InChI=1S/C43H50N8O7/c1-4-20-55-21-9-18-44-40(52)16-22-57-25-26-58-45-28-33-30-50(54)39-15-14-34(27-37(33)39)46-41(53)17-23-56-24-19-49-29-32-10-5-6-11-35(32)43-42(47-48-51(43)31(2)3)36-12-7-8-13-38(36)49/h1,5-8,10-15,27-28,30,42-43,54H,2,9,16-26,29H2,3H3,(H,44,52)(H,46,53)/b45-28+. The van der Waals surface area contributed by atoms with E-state index in [1.807, 2.05) is 24.1 Å². The zero-order chi connectivity index (χ0) is 40.7. The van der Waals surface area contributed by atoms with Gasteiger partial charge in [-0.1, -0.05) is 65.3 Å². The molecule has 2 aliphatic heterocycles. The van der Waals surface area contributed by atoms with Crippen LogP contribution in [0.5, 0.6) is 0 Å². The minimum absolute atomic E-state index is 0.0669. The molecule has 3 aromatic carbocycles. The van der Waals surface area contributed by atoms with Crippen molar-refractivity contribution in [3.8, 4) is 12.3 Å². The van der Waals surface area contributed by atoms with Crippen molar-refractivity contribution in [1.29, 1.82) is 0 Å². The van der Waals surface area contributed by atoms with Gasteiger partial charge in [0.05, 0.1) is 50.8 Å². The lowest BCUT2D eigenvalue weighted by molar-refractivity contribution is -0.122. The Morgan fingerprint density at radius 2 is 1.76 bits per heavy atom. The van der Waals surface area contributed by atoms with Gasteiger partial charge in [0.25, 0.3) is 0 Å². The molecule has 1 aromatic heterocycles. The number of terminal acetylenes is 1. The lowest BCUT2D eigenvalue weighted by Crippen LogP contribution is -2.33. The number of carbonyl (C=O) groups is 2. The summed E-state index contributed by atoms with van der Waals surface area (Å²) in [5.74, 6) is 2.08. The van der Waals surface area contributed by atoms with E-state index in [1.165, 1.54) is 23.5 Å². The molecule has 2 aliphatic rings. The highest BCUT2D eigenvalue weighted by Crippen LogP contribution is 2.49. The zero-order valence-corrected chi connectivity index (χ0v) is 32.7. The molecular weight excluding hydrogens is 741 g/mol. The quantitative estimate of drug-likeness (QED) is 0.0295. The summed E-state index contributed by atoms with van der Waals surface area (Å²) in [6.45, 7) is 10.0. The Labute approximate surface area is 338 Å². The molecule has 3 heterocycles. The number of fused-ring (bicyclic) bond motifs is 6. The molecule has 0 saturated carbocycles. The van der Waals surface area contributed by atoms with Gasteiger partial charge in [-0.3, -0.25) is 9.59 Å². The van der Waals surface area contributed by atoms with Crippen LogP contribution < -0.4 is 15.5 Å². The number of ether oxygens (including phenoxy) is 3. The lowest BCUT2D eigenvalue weighted by Gasteiger charge is -2.35. The number of oxime groups is 1. The van der Waals surface area contributed by atoms with Crippen LogP contribution >= 0.6 is 0 Å². The topological polar surface area (TPSA) is 164 Å². The second-order valence-electron chi connectivity index (χ2n) is 13.8. The molecule has 0 saturated heterocycles. The van der Waals surface area contributed by atoms with Gasteiger partial charge in [-0.05, 0) is 48.7 Å². The molecule has 2 amide bonds. The molecule has 3 N–H and O–H groups in total. The molecule has 0 aliphatic carbocycles. The predicted molar refractivity (Wildman–Crippen MR) is 220 cm³/mol. The summed E-state index contributed by atoms with van der Waals surface area (Å²) in [5, 5.41) is 31.9. The molecule has 2 atom stereocenters. The summed E-state index contributed by atoms with van der Waals surface area (Å²) in [6.07, 6.45) is 9.18. The van der Waals surface area contributed by atoms with E-state index in [2.05, 4.69) is 74.8 Å². The number of aromatic nitrogens is 1. The highest BCUT2D eigenvalue weighted by molar-refractivity contribution is 6.02. The second kappa shape index (κ2) is 20.8. The van der Waals surface area contributed by atoms with Crippen LogP contribution in [0.2, 0.25) is 0 Å². The van der Waals surface area contributed by atoms with E-state index in [-0.39, 0.29) is 69.8 Å². The van der Waals surface area contributed by atoms with Gasteiger partial charge >= 0.3 is 0 Å². The Kier molecular flexibility index (Phi) is 14.9. The molecule has 0 fully saturated rings. The van der Waals surface area contributed by atoms with Crippen molar-refractivity contribution in [2.45, 2.75) is 44.8 Å². The van der Waals surface area contributed by atoms with E-state index < -0.39 is 0 Å². The highest BCUT2D eigenvalue weighted by Gasteiger charge is 2.40. The number of para-hydroxylation sites is 1. The monoisotopic (exact) mass is 790 g/mol. The third kappa shape index (κ3) is 10.8. The summed E-state index contributed by atoms with van der Waals surface area (Å²) in [6, 6.07) is 21.7. The van der Waals surface area contributed by atoms with Gasteiger partial charge in [0.15, 0.2) is 0 Å². The van der Waals surface area contributed by atoms with Crippen LogP contribution in [0, 0.1) is 12.3 Å². The first-order chi connectivity index (χ1) is 28.3. The lowest BCUT2D eigenvalue weighted by atomic mass is 9.87. The van der Waals surface area contributed by atoms with Crippen LogP contribution in [0.4, 0.5) is 11.4 Å². The molecule has 0 bridgehead atoms. The van der Waals surface area contributed by atoms with Crippen molar-refractivity contribution in [3.05, 3.63) is 107 Å². The Balaban J connectivity index is 0.934. The van der Waals surface area contributed by atoms with Crippen molar-refractivity contribution in [2.75, 3.05) is 69.6 Å². The average molecular weight is 791 g/mol. The number of nitrogens with zero attached hydrogens (tertiary/aromatic N) is 6. The van der Waals surface area contributed by atoms with E-state index in [0.29, 0.717) is 61.4 Å². The largest absolute Gasteiger partial charge is 0.428 e. The number of hydrogen-bond acceptors (Lipinski definition) is 12. The molecule has 15 nitrogen and oxygen atoms in total. The smallest absolute Gasteiger partial charge is 0.226 e. The molecular formula is C43H50N8O7. The molecule has 304 valence electrons. The van der Waals surface area contributed by atoms with E-state index in [0.717, 1.165) is 21.7 Å². The molecule has 4 aromatic rings. The first kappa shape index (κ1) is 41.4. The number of carbonyl (C=O) groups excluding carboxylic acids is 2. The Bertz CT molecular complexity index is 2140. The SMILES string of the molecule is C#CCOCCCNC(=O)CCOCCO/N=C/c1cn(O)c2ccc(NC(=O)CCOCCN3Cc4ccccc4C4C(N=NN4C(=C)C)c4ccccc43)cc12. The van der Waals surface area contributed by atoms with Crippen LogP contribution in [0.3, 0.4) is 0 Å². The molecule has 0 spiro atoms. The molecule has 2 unspecified atom stereocenters. The van der Waals surface area contributed by atoms with E-state index >= 15 is 0 Å². The number of rotatable bonds is 21. The fourth-order valence-corrected chi connectivity index (χ4v) is 6.91. The number of anilines is 2. The number of allylic oxidation sites excluding steroid dienone is 1. The van der Waals surface area contributed by atoms with Gasteiger partial charge in [-0.15, -0.1) is 6.42 Å². The van der Waals surface area contributed by atoms with Crippen molar-refractivity contribution >= 4 is 40.3 Å². The van der Waals surface area contributed by atoms with Crippen LogP contribution in [0.1, 0.15) is 60.5 Å². The van der Waals surface area contributed by atoms with E-state index in [9.17, 15) is 14.8 Å². The molecule has 15 heteroatoms. The summed E-state index contributed by atoms with van der Waals surface area (Å²) in [7, 11) is 0. The van der Waals surface area contributed by atoms with Crippen LogP contribution in [-0.4, -0.2) is 92.3 Å². The summed E-state index contributed by atoms with van der Waals surface area (Å²) in [4.78, 5) is 32.4. The maximum absolute atomic E-state index is 12.9. The van der Waals surface area contributed by atoms with Crippen molar-refractivity contribution in [1.82, 2.24) is 15.1 Å². The zero-order valence-electron chi connectivity index (χ0n) is 32.7. The maximum atomic E-state index is 12.9. The summed E-state index contributed by atoms with van der Waals surface area (Å²) in [5.41, 5.74) is 7.08. The van der Waals surface area contributed by atoms with Crippen LogP contribution in [-0.2, 0) is 35.2 Å². The molecule has 58 heavy (non-hydrogen) atoms.